The molecule has 3 heteroatoms. The third-order valence-electron chi connectivity index (χ3n) is 8.49. The summed E-state index contributed by atoms with van der Waals surface area (Å²) in [6, 6.07) is 0. The minimum atomic E-state index is -1.03. The van der Waals surface area contributed by atoms with Crippen LogP contribution in [0.2, 0.25) is 0 Å². The van der Waals surface area contributed by atoms with E-state index in [4.69, 9.17) is 6.42 Å². The fourth-order valence-corrected chi connectivity index (χ4v) is 6.88. The zero-order chi connectivity index (χ0) is 17.3. The van der Waals surface area contributed by atoms with Gasteiger partial charge in [-0.1, -0.05) is 31.4 Å². The standard InChI is InChI=1S/C21H30O3/c1-4-21(24)10-7-16-18-15(6-9-20(16,21)3)19(2)8-5-14(22)11-13(19)12-17(18)23/h1,12,14-18,22-24H,5-11H2,2-3H3/t14-,15?,16?,17+,18?,19+,20+,21+/m1/s1. The molecule has 3 nitrogen and oxygen atoms in total. The molecule has 24 heavy (non-hydrogen) atoms. The zero-order valence-electron chi connectivity index (χ0n) is 14.8. The van der Waals surface area contributed by atoms with Gasteiger partial charge in [0.2, 0.25) is 0 Å². The van der Waals surface area contributed by atoms with Gasteiger partial charge in [0.25, 0.3) is 0 Å². The maximum absolute atomic E-state index is 11.0. The molecule has 3 fully saturated rings. The van der Waals surface area contributed by atoms with Crippen LogP contribution in [0.15, 0.2) is 11.6 Å². The van der Waals surface area contributed by atoms with Crippen LogP contribution in [0.4, 0.5) is 0 Å². The zero-order valence-corrected chi connectivity index (χ0v) is 14.8. The third kappa shape index (κ3) is 1.91. The van der Waals surface area contributed by atoms with Crippen LogP contribution < -0.4 is 0 Å². The van der Waals surface area contributed by atoms with Crippen LogP contribution in [-0.4, -0.2) is 33.1 Å². The van der Waals surface area contributed by atoms with Gasteiger partial charge in [0.15, 0.2) is 0 Å². The van der Waals surface area contributed by atoms with Crippen LogP contribution in [0.1, 0.15) is 58.8 Å². The minimum absolute atomic E-state index is 0.0846. The average molecular weight is 330 g/mol. The fourth-order valence-electron chi connectivity index (χ4n) is 6.88. The normalized spacial score (nSPS) is 56.5. The van der Waals surface area contributed by atoms with Crippen molar-refractivity contribution in [3.8, 4) is 12.3 Å². The molecule has 0 radical (unpaired) electrons. The van der Waals surface area contributed by atoms with E-state index in [1.54, 1.807) is 0 Å². The van der Waals surface area contributed by atoms with Crippen molar-refractivity contribution in [1.29, 1.82) is 0 Å². The van der Waals surface area contributed by atoms with E-state index in [1.807, 2.05) is 6.08 Å². The molecular formula is C21H30O3. The van der Waals surface area contributed by atoms with Crippen molar-refractivity contribution in [2.45, 2.75) is 76.6 Å². The van der Waals surface area contributed by atoms with E-state index in [1.165, 1.54) is 5.57 Å². The lowest BCUT2D eigenvalue weighted by atomic mass is 9.46. The van der Waals surface area contributed by atoms with Crippen LogP contribution in [0.5, 0.6) is 0 Å². The van der Waals surface area contributed by atoms with Gasteiger partial charge in [-0.05, 0) is 68.1 Å². The summed E-state index contributed by atoms with van der Waals surface area (Å²) >= 11 is 0. The predicted molar refractivity (Wildman–Crippen MR) is 92.9 cm³/mol. The Morgan fingerprint density at radius 3 is 2.50 bits per heavy atom. The molecule has 132 valence electrons. The van der Waals surface area contributed by atoms with Crippen LogP contribution >= 0.6 is 0 Å². The summed E-state index contributed by atoms with van der Waals surface area (Å²) in [7, 11) is 0. The first-order chi connectivity index (χ1) is 11.2. The van der Waals surface area contributed by atoms with Crippen molar-refractivity contribution in [2.24, 2.45) is 28.6 Å². The lowest BCUT2D eigenvalue weighted by molar-refractivity contribution is -0.123. The lowest BCUT2D eigenvalue weighted by Gasteiger charge is -2.59. The molecule has 4 aliphatic carbocycles. The summed E-state index contributed by atoms with van der Waals surface area (Å²) in [6.45, 7) is 4.47. The molecule has 3 unspecified atom stereocenters. The number of fused-ring (bicyclic) bond motifs is 5. The van der Waals surface area contributed by atoms with E-state index in [2.05, 4.69) is 19.8 Å². The molecule has 0 aromatic rings. The third-order valence-corrected chi connectivity index (χ3v) is 8.49. The molecule has 3 N–H and O–H groups in total. The minimum Gasteiger partial charge on any atom is -0.393 e. The number of hydrogen-bond acceptors (Lipinski definition) is 3. The van der Waals surface area contributed by atoms with Gasteiger partial charge in [0, 0.05) is 5.41 Å². The SMILES string of the molecule is C#C[C@]1(O)CCC2C3C(CC[C@@]21C)[C@@]1(C)CC[C@@H](O)CC1=C[C@@H]3O. The number of aliphatic hydroxyl groups excluding tert-OH is 2. The first-order valence-electron chi connectivity index (χ1n) is 9.53. The number of hydrogen-bond donors (Lipinski definition) is 3. The predicted octanol–water partition coefficient (Wildman–Crippen LogP) is 2.65. The molecule has 3 saturated carbocycles. The Labute approximate surface area is 145 Å². The van der Waals surface area contributed by atoms with Gasteiger partial charge in [-0.15, -0.1) is 6.42 Å². The second-order valence-electron chi connectivity index (χ2n) is 9.29. The van der Waals surface area contributed by atoms with Gasteiger partial charge in [-0.25, -0.2) is 0 Å². The first kappa shape index (κ1) is 16.6. The molecule has 0 saturated heterocycles. The molecule has 0 bridgehead atoms. The molecule has 0 heterocycles. The molecule has 4 aliphatic rings. The summed E-state index contributed by atoms with van der Waals surface area (Å²) < 4.78 is 0. The van der Waals surface area contributed by atoms with Crippen LogP contribution in [-0.2, 0) is 0 Å². The van der Waals surface area contributed by atoms with E-state index < -0.39 is 11.7 Å². The Morgan fingerprint density at radius 2 is 1.79 bits per heavy atom. The Bertz CT molecular complexity index is 619. The molecule has 0 aromatic heterocycles. The van der Waals surface area contributed by atoms with Crippen LogP contribution in [0.25, 0.3) is 0 Å². The summed E-state index contributed by atoms with van der Waals surface area (Å²) in [5.74, 6) is 3.56. The number of aliphatic hydroxyl groups is 3. The Morgan fingerprint density at radius 1 is 1.08 bits per heavy atom. The lowest BCUT2D eigenvalue weighted by Crippen LogP contribution is -2.57. The monoisotopic (exact) mass is 330 g/mol. The van der Waals surface area contributed by atoms with Crippen molar-refractivity contribution >= 4 is 0 Å². The van der Waals surface area contributed by atoms with Crippen molar-refractivity contribution in [2.75, 3.05) is 0 Å². The van der Waals surface area contributed by atoms with Crippen molar-refractivity contribution in [1.82, 2.24) is 0 Å². The largest absolute Gasteiger partial charge is 0.393 e. The second kappa shape index (κ2) is 5.10. The van der Waals surface area contributed by atoms with Gasteiger partial charge in [0.05, 0.1) is 12.2 Å². The van der Waals surface area contributed by atoms with E-state index in [-0.39, 0.29) is 28.8 Å². The maximum Gasteiger partial charge on any atom is 0.130 e. The summed E-state index contributed by atoms with van der Waals surface area (Å²) in [4.78, 5) is 0. The second-order valence-corrected chi connectivity index (χ2v) is 9.29. The van der Waals surface area contributed by atoms with E-state index in [0.29, 0.717) is 18.8 Å². The summed E-state index contributed by atoms with van der Waals surface area (Å²) in [5, 5.41) is 32.0. The molecule has 0 aromatic carbocycles. The maximum atomic E-state index is 11.0. The van der Waals surface area contributed by atoms with Crippen molar-refractivity contribution in [3.05, 3.63) is 11.6 Å². The highest BCUT2D eigenvalue weighted by atomic mass is 16.3. The molecular weight excluding hydrogens is 300 g/mol. The fraction of sp³-hybridized carbons (Fsp3) is 0.810. The van der Waals surface area contributed by atoms with E-state index in [0.717, 1.165) is 32.1 Å². The molecule has 0 amide bonds. The van der Waals surface area contributed by atoms with Gasteiger partial charge >= 0.3 is 0 Å². The van der Waals surface area contributed by atoms with Crippen molar-refractivity contribution < 1.29 is 15.3 Å². The first-order valence-corrected chi connectivity index (χ1v) is 9.53. The quantitative estimate of drug-likeness (QED) is 0.473. The summed E-state index contributed by atoms with van der Waals surface area (Å²) in [6.07, 6.45) is 13.0. The Kier molecular flexibility index (Phi) is 3.53. The molecule has 4 rings (SSSR count). The Balaban J connectivity index is 1.75. The van der Waals surface area contributed by atoms with Gasteiger partial charge < -0.3 is 15.3 Å². The smallest absolute Gasteiger partial charge is 0.130 e. The van der Waals surface area contributed by atoms with E-state index in [9.17, 15) is 15.3 Å². The van der Waals surface area contributed by atoms with Gasteiger partial charge in [0.1, 0.15) is 5.60 Å². The van der Waals surface area contributed by atoms with Crippen LogP contribution in [0.3, 0.4) is 0 Å². The molecule has 0 aliphatic heterocycles. The van der Waals surface area contributed by atoms with Crippen molar-refractivity contribution in [3.63, 3.8) is 0 Å². The highest BCUT2D eigenvalue weighted by Crippen LogP contribution is 2.66. The number of rotatable bonds is 0. The van der Waals surface area contributed by atoms with Crippen LogP contribution in [0, 0.1) is 40.9 Å². The van der Waals surface area contributed by atoms with Gasteiger partial charge in [-0.2, -0.15) is 0 Å². The number of terminal acetylenes is 1. The van der Waals surface area contributed by atoms with Gasteiger partial charge in [-0.3, -0.25) is 0 Å². The molecule has 0 spiro atoms. The average Bonchev–Trinajstić information content (AvgIpc) is 2.82. The summed E-state index contributed by atoms with van der Waals surface area (Å²) in [5.41, 5.74) is 0.0145. The highest BCUT2D eigenvalue weighted by molar-refractivity contribution is 5.30. The topological polar surface area (TPSA) is 60.7 Å². The Hall–Kier alpha value is -0.820. The van der Waals surface area contributed by atoms with E-state index >= 15 is 0 Å². The molecule has 8 atom stereocenters. The highest BCUT2D eigenvalue weighted by Gasteiger charge is 2.64.